The Morgan fingerprint density at radius 1 is 1.20 bits per heavy atom. The molecule has 0 spiro atoms. The highest BCUT2D eigenvalue weighted by Crippen LogP contribution is 1.83. The number of terminal acetylenes is 1. The molecule has 0 unspecified atom stereocenters. The molecule has 0 aliphatic rings. The monoisotopic (exact) mass is 150 g/mol. The van der Waals surface area contributed by atoms with Crippen LogP contribution in [0.2, 0.25) is 0 Å². The van der Waals surface area contributed by atoms with E-state index < -0.39 is 0 Å². The van der Waals surface area contributed by atoms with E-state index in [0.717, 1.165) is 0 Å². The van der Waals surface area contributed by atoms with E-state index in [2.05, 4.69) is 28.9 Å². The Morgan fingerprint density at radius 3 is 2.50 bits per heavy atom. The molecule has 0 aromatic heterocycles. The molecule has 0 fully saturated rings. The first-order chi connectivity index (χ1) is 4.91. The van der Waals surface area contributed by atoms with Crippen molar-refractivity contribution >= 4 is 12.0 Å². The molecule has 0 aromatic rings. The number of hydrogen-bond acceptors (Lipinski definition) is 2. The van der Waals surface area contributed by atoms with Crippen molar-refractivity contribution in [3.8, 4) is 35.4 Å². The van der Waals surface area contributed by atoms with Gasteiger partial charge >= 0.3 is 0 Å². The highest BCUT2D eigenvalue weighted by molar-refractivity contribution is 7.98. The third-order valence-electron chi connectivity index (χ3n) is 0.610. The van der Waals surface area contributed by atoms with E-state index in [1.165, 1.54) is 0 Å². The van der Waals surface area contributed by atoms with Gasteiger partial charge < -0.3 is 4.55 Å². The fraction of sp³-hybridized carbons (Fsp3) is 0.250. The molecule has 0 aromatic carbocycles. The normalized spacial score (nSPS) is 6.00. The van der Waals surface area contributed by atoms with Crippen molar-refractivity contribution in [1.82, 2.24) is 0 Å². The highest BCUT2D eigenvalue weighted by Gasteiger charge is 1.66. The second kappa shape index (κ2) is 7.99. The second-order valence-electron chi connectivity index (χ2n) is 1.28. The summed E-state index contributed by atoms with van der Waals surface area (Å²) in [5, 5.41) is 2.39. The Balaban J connectivity index is 3.39. The van der Waals surface area contributed by atoms with Crippen molar-refractivity contribution < 1.29 is 4.55 Å². The summed E-state index contributed by atoms with van der Waals surface area (Å²) in [4.78, 5) is 0. The van der Waals surface area contributed by atoms with Gasteiger partial charge in [0.15, 0.2) is 0 Å². The Bertz CT molecular complexity index is 228. The molecule has 50 valence electrons. The van der Waals surface area contributed by atoms with E-state index in [0.29, 0.717) is 24.9 Å². The summed E-state index contributed by atoms with van der Waals surface area (Å²) >= 11 is 0.496. The van der Waals surface area contributed by atoms with Gasteiger partial charge in [-0.25, -0.2) is 0 Å². The Labute approximate surface area is 65.4 Å². The molecule has 0 amide bonds. The lowest BCUT2D eigenvalue weighted by Crippen LogP contribution is -1.60. The van der Waals surface area contributed by atoms with Gasteiger partial charge in [0.2, 0.25) is 0 Å². The van der Waals surface area contributed by atoms with E-state index in [1.54, 1.807) is 0 Å². The molecule has 0 saturated carbocycles. The fourth-order valence-corrected chi connectivity index (χ4v) is 0.425. The van der Waals surface area contributed by atoms with Gasteiger partial charge in [0.05, 0.1) is 24.9 Å². The first kappa shape index (κ1) is 8.99. The average Bonchev–Trinajstić information content (AvgIpc) is 1.97. The fourth-order valence-electron chi connectivity index (χ4n) is 0.289. The van der Waals surface area contributed by atoms with Crippen LogP contribution >= 0.6 is 12.0 Å². The lowest BCUT2D eigenvalue weighted by molar-refractivity contribution is 0.672. The van der Waals surface area contributed by atoms with E-state index in [9.17, 15) is 0 Å². The third kappa shape index (κ3) is 6.99. The molecular formula is C8H6OS. The van der Waals surface area contributed by atoms with Crippen LogP contribution in [0.4, 0.5) is 0 Å². The lowest BCUT2D eigenvalue weighted by atomic mass is 10.4. The zero-order valence-corrected chi connectivity index (χ0v) is 6.16. The largest absolute Gasteiger partial charge is 0.319 e. The quantitative estimate of drug-likeness (QED) is 0.418. The molecule has 1 nitrogen and oxygen atoms in total. The minimum Gasteiger partial charge on any atom is -0.319 e. The molecule has 0 radical (unpaired) electrons. The van der Waals surface area contributed by atoms with Gasteiger partial charge in [-0.2, -0.15) is 0 Å². The summed E-state index contributed by atoms with van der Waals surface area (Å²) in [6.07, 6.45) is 5.87. The van der Waals surface area contributed by atoms with E-state index in [4.69, 9.17) is 11.0 Å². The Kier molecular flexibility index (Phi) is 7.18. The van der Waals surface area contributed by atoms with Gasteiger partial charge in [0, 0.05) is 0 Å². The van der Waals surface area contributed by atoms with Gasteiger partial charge in [-0.05, 0) is 5.25 Å². The molecule has 0 saturated heterocycles. The molecule has 0 aliphatic carbocycles. The van der Waals surface area contributed by atoms with E-state index >= 15 is 0 Å². The zero-order chi connectivity index (χ0) is 7.66. The molecule has 2 heteroatoms. The predicted octanol–water partition coefficient (Wildman–Crippen LogP) is 1.57. The minimum absolute atomic E-state index is 0.466. The summed E-state index contributed by atoms with van der Waals surface area (Å²) < 4.78 is 8.13. The van der Waals surface area contributed by atoms with Crippen molar-refractivity contribution in [1.29, 1.82) is 0 Å². The van der Waals surface area contributed by atoms with Gasteiger partial charge in [0.25, 0.3) is 0 Å². The standard InChI is InChI=1S/C8H6OS/c1-2-3-4-5-6-7-8-10-9/h1,9H,3,6H2. The predicted molar refractivity (Wildman–Crippen MR) is 43.8 cm³/mol. The molecule has 0 heterocycles. The van der Waals surface area contributed by atoms with Crippen LogP contribution in [0.3, 0.4) is 0 Å². The SMILES string of the molecule is C#CCC#CCC#CSO. The first-order valence-corrected chi connectivity index (χ1v) is 3.36. The van der Waals surface area contributed by atoms with Crippen molar-refractivity contribution in [3.05, 3.63) is 0 Å². The summed E-state index contributed by atoms with van der Waals surface area (Å²) in [6, 6.07) is 0. The third-order valence-corrected chi connectivity index (χ3v) is 0.846. The molecule has 0 bridgehead atoms. The summed E-state index contributed by atoms with van der Waals surface area (Å²) in [5.41, 5.74) is 0. The van der Waals surface area contributed by atoms with Crippen LogP contribution in [-0.4, -0.2) is 4.55 Å². The van der Waals surface area contributed by atoms with Gasteiger partial charge in [-0.15, -0.1) is 6.42 Å². The van der Waals surface area contributed by atoms with Gasteiger partial charge in [-0.3, -0.25) is 0 Å². The topological polar surface area (TPSA) is 20.2 Å². The van der Waals surface area contributed by atoms with Crippen molar-refractivity contribution in [2.24, 2.45) is 0 Å². The lowest BCUT2D eigenvalue weighted by Gasteiger charge is -1.70. The maximum absolute atomic E-state index is 8.13. The Hall–Kier alpha value is -1.01. The van der Waals surface area contributed by atoms with Crippen LogP contribution < -0.4 is 0 Å². The first-order valence-electron chi connectivity index (χ1n) is 2.59. The number of hydrogen-bond donors (Lipinski definition) is 1. The van der Waals surface area contributed by atoms with E-state index in [-0.39, 0.29) is 0 Å². The Morgan fingerprint density at radius 2 is 1.90 bits per heavy atom. The summed E-state index contributed by atoms with van der Waals surface area (Å²) in [7, 11) is 0. The minimum atomic E-state index is 0.466. The second-order valence-corrected chi connectivity index (χ2v) is 1.67. The van der Waals surface area contributed by atoms with Gasteiger partial charge in [-0.1, -0.05) is 23.7 Å². The van der Waals surface area contributed by atoms with E-state index in [1.807, 2.05) is 0 Å². The van der Waals surface area contributed by atoms with Crippen LogP contribution in [0.1, 0.15) is 12.8 Å². The zero-order valence-electron chi connectivity index (χ0n) is 5.35. The van der Waals surface area contributed by atoms with Crippen LogP contribution in [0.25, 0.3) is 0 Å². The van der Waals surface area contributed by atoms with Crippen LogP contribution in [0.15, 0.2) is 0 Å². The maximum atomic E-state index is 8.13. The molecule has 1 N–H and O–H groups in total. The maximum Gasteiger partial charge on any atom is 0.0790 e. The molecule has 0 aliphatic heterocycles. The smallest absolute Gasteiger partial charge is 0.0790 e. The summed E-state index contributed by atoms with van der Waals surface area (Å²) in [6.45, 7) is 0. The van der Waals surface area contributed by atoms with Crippen LogP contribution in [0, 0.1) is 35.4 Å². The average molecular weight is 150 g/mol. The van der Waals surface area contributed by atoms with Gasteiger partial charge in [0.1, 0.15) is 0 Å². The van der Waals surface area contributed by atoms with Crippen molar-refractivity contribution in [2.75, 3.05) is 0 Å². The summed E-state index contributed by atoms with van der Waals surface area (Å²) in [5.74, 6) is 10.4. The molecule has 10 heavy (non-hydrogen) atoms. The molecule has 0 rings (SSSR count). The van der Waals surface area contributed by atoms with Crippen LogP contribution in [0.5, 0.6) is 0 Å². The molecule has 0 atom stereocenters. The number of rotatable bonds is 0. The van der Waals surface area contributed by atoms with Crippen molar-refractivity contribution in [2.45, 2.75) is 12.8 Å². The molecular weight excluding hydrogens is 144 g/mol. The highest BCUT2D eigenvalue weighted by atomic mass is 32.2. The van der Waals surface area contributed by atoms with Crippen LogP contribution in [-0.2, 0) is 0 Å². The van der Waals surface area contributed by atoms with Crippen molar-refractivity contribution in [3.63, 3.8) is 0 Å².